The Bertz CT molecular complexity index is 1120. The summed E-state index contributed by atoms with van der Waals surface area (Å²) in [7, 11) is 0. The van der Waals surface area contributed by atoms with Gasteiger partial charge in [-0.2, -0.15) is 10.5 Å². The van der Waals surface area contributed by atoms with Crippen molar-refractivity contribution in [2.45, 2.75) is 99.8 Å². The Morgan fingerprint density at radius 1 is 0.857 bits per heavy atom. The molecule has 5 aliphatic rings. The zero-order valence-corrected chi connectivity index (χ0v) is 22.8. The first-order valence-corrected chi connectivity index (χ1v) is 13.7. The fourth-order valence-electron chi connectivity index (χ4n) is 10.5. The SMILES string of the molecule is CC1(C)CC[C@]2(C#N)CC[C@]3(C)C(C(=O)C[C@@H]4[C@@]5(C)C=C(C#N)C(=O)C(C)(C)C5CC[C@]43C)C2C1. The molecule has 0 aromatic carbocycles. The number of carbonyl (C=O) groups is 2. The number of hydrogen-bond acceptors (Lipinski definition) is 4. The average molecular weight is 475 g/mol. The Labute approximate surface area is 211 Å². The maximum Gasteiger partial charge on any atom is 0.178 e. The second kappa shape index (κ2) is 7.09. The molecular formula is C31H42N2O2. The maximum absolute atomic E-state index is 14.3. The highest BCUT2D eigenvalue weighted by Gasteiger charge is 2.72. The first-order chi connectivity index (χ1) is 16.1. The number of carbonyl (C=O) groups excluding carboxylic acids is 2. The molecule has 0 bridgehead atoms. The number of rotatable bonds is 0. The predicted octanol–water partition coefficient (Wildman–Crippen LogP) is 6.81. The lowest BCUT2D eigenvalue weighted by molar-refractivity contribution is -0.216. The summed E-state index contributed by atoms with van der Waals surface area (Å²) >= 11 is 0. The first-order valence-electron chi connectivity index (χ1n) is 13.7. The second-order valence-corrected chi connectivity index (χ2v) is 15.0. The number of nitrogens with zero attached hydrogens (tertiary/aromatic N) is 2. The van der Waals surface area contributed by atoms with Crippen molar-refractivity contribution in [1.29, 1.82) is 10.5 Å². The van der Waals surface area contributed by atoms with Crippen LogP contribution < -0.4 is 0 Å². The van der Waals surface area contributed by atoms with Crippen molar-refractivity contribution in [3.05, 3.63) is 11.6 Å². The molecule has 4 saturated carbocycles. The quantitative estimate of drug-likeness (QED) is 0.386. The molecule has 4 heteroatoms. The van der Waals surface area contributed by atoms with Gasteiger partial charge >= 0.3 is 0 Å². The molecule has 4 fully saturated rings. The molecule has 4 nitrogen and oxygen atoms in total. The van der Waals surface area contributed by atoms with E-state index in [9.17, 15) is 20.1 Å². The van der Waals surface area contributed by atoms with Crippen LogP contribution in [0.5, 0.6) is 0 Å². The molecule has 3 unspecified atom stereocenters. The van der Waals surface area contributed by atoms with Gasteiger partial charge in [-0.3, -0.25) is 9.59 Å². The van der Waals surface area contributed by atoms with Crippen LogP contribution in [0.4, 0.5) is 0 Å². The highest BCUT2D eigenvalue weighted by molar-refractivity contribution is 6.04. The summed E-state index contributed by atoms with van der Waals surface area (Å²) < 4.78 is 0. The third kappa shape index (κ3) is 2.89. The molecule has 0 spiro atoms. The fourth-order valence-corrected chi connectivity index (χ4v) is 10.5. The molecule has 0 amide bonds. The Balaban J connectivity index is 1.64. The number of allylic oxidation sites excluding steroid dienone is 2. The lowest BCUT2D eigenvalue weighted by atomic mass is 9.31. The van der Waals surface area contributed by atoms with Crippen molar-refractivity contribution >= 4 is 11.6 Å². The fraction of sp³-hybridized carbons (Fsp3) is 0.806. The number of hydrogen-bond donors (Lipinski definition) is 0. The molecule has 5 aliphatic carbocycles. The Kier molecular flexibility index (Phi) is 5.01. The first kappa shape index (κ1) is 24.7. The van der Waals surface area contributed by atoms with E-state index in [4.69, 9.17) is 0 Å². The van der Waals surface area contributed by atoms with Crippen molar-refractivity contribution in [2.24, 2.45) is 56.2 Å². The minimum absolute atomic E-state index is 0.0433. The van der Waals surface area contributed by atoms with Crippen LogP contribution in [0.15, 0.2) is 11.6 Å². The molecule has 0 N–H and O–H groups in total. The molecule has 0 aromatic rings. The summed E-state index contributed by atoms with van der Waals surface area (Å²) in [5, 5.41) is 20.3. The van der Waals surface area contributed by atoms with Crippen molar-refractivity contribution in [3.63, 3.8) is 0 Å². The zero-order valence-electron chi connectivity index (χ0n) is 22.8. The standard InChI is InChI=1S/C31H42N2O2/c1-26(2)10-12-31(18-33)13-11-30(7)24(20(31)16-26)21(34)14-23-28(5)15-19(17-32)25(35)27(3,4)22(28)8-9-29(23,30)6/h15,20,22-24H,8-14,16H2,1-7H3/t20?,22?,23-,24?,28+,29-,30-,31-/m1/s1. The minimum atomic E-state index is -0.605. The van der Waals surface area contributed by atoms with Crippen molar-refractivity contribution in [2.75, 3.05) is 0 Å². The van der Waals surface area contributed by atoms with E-state index in [1.807, 2.05) is 19.9 Å². The highest BCUT2D eigenvalue weighted by Crippen LogP contribution is 2.75. The summed E-state index contributed by atoms with van der Waals surface area (Å²) in [5.74, 6) is 0.569. The highest BCUT2D eigenvalue weighted by atomic mass is 16.1. The molecule has 35 heavy (non-hydrogen) atoms. The van der Waals surface area contributed by atoms with Gasteiger partial charge in [0.25, 0.3) is 0 Å². The van der Waals surface area contributed by atoms with Crippen molar-refractivity contribution < 1.29 is 9.59 Å². The van der Waals surface area contributed by atoms with Crippen LogP contribution >= 0.6 is 0 Å². The van der Waals surface area contributed by atoms with E-state index in [2.05, 4.69) is 46.8 Å². The van der Waals surface area contributed by atoms with Crippen LogP contribution in [0.1, 0.15) is 99.8 Å². The number of nitriles is 2. The molecular weight excluding hydrogens is 432 g/mol. The monoisotopic (exact) mass is 474 g/mol. The van der Waals surface area contributed by atoms with E-state index in [0.717, 1.165) is 44.9 Å². The normalized spacial score (nSPS) is 49.8. The van der Waals surface area contributed by atoms with Gasteiger partial charge in [0.2, 0.25) is 0 Å². The van der Waals surface area contributed by atoms with Crippen molar-refractivity contribution in [3.8, 4) is 12.1 Å². The summed E-state index contributed by atoms with van der Waals surface area (Å²) in [4.78, 5) is 27.5. The smallest absolute Gasteiger partial charge is 0.178 e. The van der Waals surface area contributed by atoms with Crippen LogP contribution in [0, 0.1) is 78.8 Å². The molecule has 0 aliphatic heterocycles. The lowest BCUT2D eigenvalue weighted by Crippen LogP contribution is -2.68. The number of fused-ring (bicyclic) bond motifs is 7. The molecule has 188 valence electrons. The predicted molar refractivity (Wildman–Crippen MR) is 135 cm³/mol. The molecule has 0 heterocycles. The van der Waals surface area contributed by atoms with Gasteiger partial charge in [-0.1, -0.05) is 54.5 Å². The summed E-state index contributed by atoms with van der Waals surface area (Å²) in [6.45, 7) is 15.6. The topological polar surface area (TPSA) is 81.7 Å². The van der Waals surface area contributed by atoms with Crippen LogP contribution in [0.2, 0.25) is 0 Å². The number of ketones is 2. The number of Topliss-reactive ketones (excluding diaryl/α,β-unsaturated/α-hetero) is 2. The van der Waals surface area contributed by atoms with Gasteiger partial charge in [0.15, 0.2) is 5.78 Å². The van der Waals surface area contributed by atoms with E-state index < -0.39 is 5.41 Å². The van der Waals surface area contributed by atoms with Gasteiger partial charge in [0.05, 0.1) is 17.1 Å². The van der Waals surface area contributed by atoms with Gasteiger partial charge in [-0.05, 0) is 84.4 Å². The zero-order chi connectivity index (χ0) is 25.8. The van der Waals surface area contributed by atoms with Crippen LogP contribution in [0.25, 0.3) is 0 Å². The van der Waals surface area contributed by atoms with Gasteiger partial charge in [0, 0.05) is 17.8 Å². The Hall–Kier alpha value is -1.94. The van der Waals surface area contributed by atoms with Gasteiger partial charge in [-0.15, -0.1) is 0 Å². The molecule has 8 atom stereocenters. The summed E-state index contributed by atoms with van der Waals surface area (Å²) in [5.41, 5.74) is -1.16. The molecule has 0 radical (unpaired) electrons. The molecule has 5 rings (SSSR count). The Morgan fingerprint density at radius 3 is 2.14 bits per heavy atom. The summed E-state index contributed by atoms with van der Waals surface area (Å²) in [6.07, 6.45) is 9.12. The van der Waals surface area contributed by atoms with Crippen LogP contribution in [-0.4, -0.2) is 11.6 Å². The van der Waals surface area contributed by atoms with E-state index in [0.29, 0.717) is 12.2 Å². The summed E-state index contributed by atoms with van der Waals surface area (Å²) in [6, 6.07) is 4.96. The maximum atomic E-state index is 14.3. The average Bonchev–Trinajstić information content (AvgIpc) is 2.77. The second-order valence-electron chi connectivity index (χ2n) is 15.0. The minimum Gasteiger partial charge on any atom is -0.299 e. The van der Waals surface area contributed by atoms with Crippen LogP contribution in [-0.2, 0) is 9.59 Å². The molecule has 0 aromatic heterocycles. The Morgan fingerprint density at radius 2 is 1.51 bits per heavy atom. The van der Waals surface area contributed by atoms with Gasteiger partial charge in [0.1, 0.15) is 11.9 Å². The van der Waals surface area contributed by atoms with Crippen molar-refractivity contribution in [1.82, 2.24) is 0 Å². The third-order valence-electron chi connectivity index (χ3n) is 12.7. The van der Waals surface area contributed by atoms with Crippen LogP contribution in [0.3, 0.4) is 0 Å². The van der Waals surface area contributed by atoms with Gasteiger partial charge in [-0.25, -0.2) is 0 Å². The molecule has 0 saturated heterocycles. The van der Waals surface area contributed by atoms with E-state index >= 15 is 0 Å². The third-order valence-corrected chi connectivity index (χ3v) is 12.7. The van der Waals surface area contributed by atoms with Gasteiger partial charge < -0.3 is 0 Å². The van der Waals surface area contributed by atoms with E-state index in [-0.39, 0.29) is 62.1 Å². The largest absolute Gasteiger partial charge is 0.299 e. The van der Waals surface area contributed by atoms with E-state index in [1.54, 1.807) is 0 Å². The lowest BCUT2D eigenvalue weighted by Gasteiger charge is -2.71. The van der Waals surface area contributed by atoms with E-state index in [1.165, 1.54) is 0 Å².